The molecule has 2 aromatic carbocycles. The van der Waals surface area contributed by atoms with E-state index < -0.39 is 5.91 Å². The fourth-order valence-electron chi connectivity index (χ4n) is 2.65. The second kappa shape index (κ2) is 7.16. The van der Waals surface area contributed by atoms with Crippen LogP contribution in [0.3, 0.4) is 0 Å². The summed E-state index contributed by atoms with van der Waals surface area (Å²) in [5.41, 5.74) is 11.1. The van der Waals surface area contributed by atoms with Crippen molar-refractivity contribution in [2.45, 2.75) is 0 Å². The van der Waals surface area contributed by atoms with E-state index in [0.717, 1.165) is 11.3 Å². The van der Waals surface area contributed by atoms with Crippen LogP contribution in [-0.2, 0) is 0 Å². The molecule has 0 fully saturated rings. The largest absolute Gasteiger partial charge is 0.507 e. The summed E-state index contributed by atoms with van der Waals surface area (Å²) in [6, 6.07) is 13.7. The first-order valence-electron chi connectivity index (χ1n) is 8.29. The number of benzene rings is 2. The lowest BCUT2D eigenvalue weighted by Crippen LogP contribution is -2.17. The molecule has 4 rings (SSSR count). The summed E-state index contributed by atoms with van der Waals surface area (Å²) in [5.74, 6) is -0.266. The Morgan fingerprint density at radius 3 is 2.68 bits per heavy atom. The van der Waals surface area contributed by atoms with Crippen LogP contribution in [0.1, 0.15) is 15.9 Å². The maximum Gasteiger partial charge on any atom is 0.275 e. The summed E-state index contributed by atoms with van der Waals surface area (Å²) in [4.78, 5) is 24.4. The first-order valence-corrected chi connectivity index (χ1v) is 8.29. The summed E-state index contributed by atoms with van der Waals surface area (Å²) >= 11 is 0. The Hall–Kier alpha value is -4.27. The lowest BCUT2D eigenvalue weighted by atomic mass is 10.2. The molecular formula is C19H15N7O2. The van der Waals surface area contributed by atoms with Crippen molar-refractivity contribution in [3.05, 3.63) is 72.3 Å². The van der Waals surface area contributed by atoms with E-state index in [1.165, 1.54) is 24.7 Å². The average molecular weight is 373 g/mol. The fraction of sp³-hybridized carbons (Fsp3) is 0. The molecule has 9 nitrogen and oxygen atoms in total. The second-order valence-electron chi connectivity index (χ2n) is 5.85. The molecule has 0 atom stereocenters. The van der Waals surface area contributed by atoms with E-state index in [0.29, 0.717) is 17.0 Å². The molecule has 9 heteroatoms. The van der Waals surface area contributed by atoms with E-state index in [1.807, 2.05) is 24.3 Å². The number of nitrogens with two attached hydrogens (primary N) is 1. The highest BCUT2D eigenvalue weighted by atomic mass is 16.3. The first kappa shape index (κ1) is 17.2. The van der Waals surface area contributed by atoms with Gasteiger partial charge in [0.1, 0.15) is 18.4 Å². The van der Waals surface area contributed by atoms with Gasteiger partial charge < -0.3 is 10.8 Å². The Morgan fingerprint density at radius 2 is 1.89 bits per heavy atom. The van der Waals surface area contributed by atoms with E-state index >= 15 is 0 Å². The molecule has 4 aromatic rings. The highest BCUT2D eigenvalue weighted by molar-refractivity contribution is 5.97. The van der Waals surface area contributed by atoms with Gasteiger partial charge in [0.2, 0.25) is 0 Å². The van der Waals surface area contributed by atoms with Gasteiger partial charge in [0, 0.05) is 5.69 Å². The number of hydrogen-bond donors (Lipinski definition) is 3. The molecule has 0 bridgehead atoms. The molecule has 138 valence electrons. The van der Waals surface area contributed by atoms with Gasteiger partial charge in [-0.25, -0.2) is 20.4 Å². The number of rotatable bonds is 4. The molecule has 1 amide bonds. The standard InChI is InChI=1S/C19H15N7O2/c20-17-16-18(22-10-21-17)26(11-23-16)13-7-5-12(6-8-13)9-24-25-19(28)14-3-1-2-4-15(14)27/h1-11,27H,(H,25,28)(H2,20,21,22)/b24-9+. The number of amides is 1. The molecule has 0 aliphatic rings. The summed E-state index contributed by atoms with van der Waals surface area (Å²) in [7, 11) is 0. The van der Waals surface area contributed by atoms with Crippen LogP contribution < -0.4 is 11.2 Å². The number of hydrogen-bond acceptors (Lipinski definition) is 7. The van der Waals surface area contributed by atoms with Crippen LogP contribution >= 0.6 is 0 Å². The van der Waals surface area contributed by atoms with E-state index in [2.05, 4.69) is 25.5 Å². The number of aromatic hydroxyl groups is 1. The van der Waals surface area contributed by atoms with Crippen molar-refractivity contribution in [2.24, 2.45) is 5.10 Å². The second-order valence-corrected chi connectivity index (χ2v) is 5.85. The first-order chi connectivity index (χ1) is 13.6. The third kappa shape index (κ3) is 3.23. The molecular weight excluding hydrogens is 358 g/mol. The molecule has 0 spiro atoms. The average Bonchev–Trinajstić information content (AvgIpc) is 3.14. The molecule has 0 unspecified atom stereocenters. The quantitative estimate of drug-likeness (QED) is 0.370. The van der Waals surface area contributed by atoms with Crippen LogP contribution in [0.5, 0.6) is 5.75 Å². The summed E-state index contributed by atoms with van der Waals surface area (Å²) in [6.07, 6.45) is 4.53. The Kier molecular flexibility index (Phi) is 4.38. The number of imidazole rings is 1. The van der Waals surface area contributed by atoms with Gasteiger partial charge in [-0.3, -0.25) is 9.36 Å². The maximum absolute atomic E-state index is 12.0. The lowest BCUT2D eigenvalue weighted by molar-refractivity contribution is 0.0952. The van der Waals surface area contributed by atoms with Gasteiger partial charge in [-0.1, -0.05) is 24.3 Å². The number of fused-ring (bicyclic) bond motifs is 1. The van der Waals surface area contributed by atoms with Crippen LogP contribution in [0.4, 0.5) is 5.82 Å². The van der Waals surface area contributed by atoms with Crippen LogP contribution in [0.2, 0.25) is 0 Å². The minimum atomic E-state index is -0.492. The van der Waals surface area contributed by atoms with E-state index in [1.54, 1.807) is 23.0 Å². The Morgan fingerprint density at radius 1 is 1.11 bits per heavy atom. The highest BCUT2D eigenvalue weighted by Gasteiger charge is 2.10. The number of anilines is 1. The zero-order valence-electron chi connectivity index (χ0n) is 14.5. The minimum absolute atomic E-state index is 0.100. The number of nitrogens with zero attached hydrogens (tertiary/aromatic N) is 5. The number of phenolic OH excluding ortho intramolecular Hbond substituents is 1. The van der Waals surface area contributed by atoms with Gasteiger partial charge in [0.05, 0.1) is 11.8 Å². The van der Waals surface area contributed by atoms with Gasteiger partial charge in [-0.05, 0) is 29.8 Å². The molecule has 28 heavy (non-hydrogen) atoms. The number of carbonyl (C=O) groups excluding carboxylic acids is 1. The van der Waals surface area contributed by atoms with E-state index in [-0.39, 0.29) is 11.3 Å². The lowest BCUT2D eigenvalue weighted by Gasteiger charge is -2.04. The number of nitrogens with one attached hydrogen (secondary N) is 1. The molecule has 0 aliphatic carbocycles. The number of para-hydroxylation sites is 1. The van der Waals surface area contributed by atoms with Crippen LogP contribution in [0.25, 0.3) is 16.9 Å². The molecule has 0 saturated heterocycles. The van der Waals surface area contributed by atoms with Gasteiger partial charge >= 0.3 is 0 Å². The normalized spacial score (nSPS) is 11.1. The molecule has 0 radical (unpaired) electrons. The Bertz CT molecular complexity index is 1180. The topological polar surface area (TPSA) is 131 Å². The zero-order chi connectivity index (χ0) is 19.5. The van der Waals surface area contributed by atoms with Gasteiger partial charge in [-0.2, -0.15) is 5.10 Å². The number of phenols is 1. The van der Waals surface area contributed by atoms with Crippen molar-refractivity contribution in [3.63, 3.8) is 0 Å². The molecule has 0 saturated carbocycles. The van der Waals surface area contributed by atoms with Crippen molar-refractivity contribution in [3.8, 4) is 11.4 Å². The zero-order valence-corrected chi connectivity index (χ0v) is 14.5. The van der Waals surface area contributed by atoms with Crippen LogP contribution in [0.15, 0.2) is 66.3 Å². The highest BCUT2D eigenvalue weighted by Crippen LogP contribution is 2.19. The van der Waals surface area contributed by atoms with Gasteiger partial charge in [-0.15, -0.1) is 0 Å². The monoisotopic (exact) mass is 373 g/mol. The molecule has 4 N–H and O–H groups in total. The summed E-state index contributed by atoms with van der Waals surface area (Å²) in [6.45, 7) is 0. The van der Waals surface area contributed by atoms with E-state index in [9.17, 15) is 9.90 Å². The van der Waals surface area contributed by atoms with Gasteiger partial charge in [0.15, 0.2) is 17.0 Å². The van der Waals surface area contributed by atoms with Crippen LogP contribution in [0, 0.1) is 0 Å². The predicted octanol–water partition coefficient (Wildman–Crippen LogP) is 1.87. The maximum atomic E-state index is 12.0. The van der Waals surface area contributed by atoms with Crippen molar-refractivity contribution in [1.82, 2.24) is 24.9 Å². The third-order valence-electron chi connectivity index (χ3n) is 4.06. The van der Waals surface area contributed by atoms with Crippen molar-refractivity contribution in [1.29, 1.82) is 0 Å². The Balaban J connectivity index is 1.49. The number of carbonyl (C=O) groups is 1. The number of aromatic nitrogens is 4. The smallest absolute Gasteiger partial charge is 0.275 e. The predicted molar refractivity (Wildman–Crippen MR) is 104 cm³/mol. The molecule has 0 aliphatic heterocycles. The number of nitrogen functional groups attached to an aromatic ring is 1. The molecule has 2 aromatic heterocycles. The third-order valence-corrected chi connectivity index (χ3v) is 4.06. The van der Waals surface area contributed by atoms with Crippen LogP contribution in [-0.4, -0.2) is 36.7 Å². The van der Waals surface area contributed by atoms with Gasteiger partial charge in [0.25, 0.3) is 5.91 Å². The molecule has 2 heterocycles. The summed E-state index contributed by atoms with van der Waals surface area (Å²) in [5, 5.41) is 13.6. The number of hydrazone groups is 1. The fourth-order valence-corrected chi connectivity index (χ4v) is 2.65. The minimum Gasteiger partial charge on any atom is -0.507 e. The van der Waals surface area contributed by atoms with Crippen molar-refractivity contribution < 1.29 is 9.90 Å². The SMILES string of the molecule is Nc1ncnc2c1ncn2-c1ccc(/C=N/NC(=O)c2ccccc2O)cc1. The Labute approximate surface area is 159 Å². The van der Waals surface area contributed by atoms with Crippen molar-refractivity contribution in [2.75, 3.05) is 5.73 Å². The van der Waals surface area contributed by atoms with E-state index in [4.69, 9.17) is 5.73 Å². The van der Waals surface area contributed by atoms with Crippen molar-refractivity contribution >= 4 is 29.1 Å². The summed E-state index contributed by atoms with van der Waals surface area (Å²) < 4.78 is 1.80.